The highest BCUT2D eigenvalue weighted by molar-refractivity contribution is 5.92. The smallest absolute Gasteiger partial charge is 0.228 e. The third-order valence-corrected chi connectivity index (χ3v) is 4.70. The number of amides is 1. The molecule has 3 nitrogen and oxygen atoms in total. The van der Waals surface area contributed by atoms with Gasteiger partial charge in [0, 0.05) is 5.69 Å². The molecule has 30 heavy (non-hydrogen) atoms. The Bertz CT molecular complexity index is 1020. The largest absolute Gasteiger partial charge is 0.457 e. The van der Waals surface area contributed by atoms with Gasteiger partial charge in [0.1, 0.15) is 11.5 Å². The van der Waals surface area contributed by atoms with Gasteiger partial charge < -0.3 is 10.1 Å². The van der Waals surface area contributed by atoms with Gasteiger partial charge in [-0.25, -0.2) is 0 Å². The van der Waals surface area contributed by atoms with E-state index in [1.807, 2.05) is 91.0 Å². The lowest BCUT2D eigenvalue weighted by molar-refractivity contribution is -0.115. The number of hydrogen-bond donors (Lipinski definition) is 1. The molecule has 0 bridgehead atoms. The summed E-state index contributed by atoms with van der Waals surface area (Å²) in [5.74, 6) is 1.44. The van der Waals surface area contributed by atoms with Crippen LogP contribution in [0.5, 0.6) is 11.5 Å². The van der Waals surface area contributed by atoms with Gasteiger partial charge in [0.25, 0.3) is 0 Å². The standard InChI is InChI=1S/C27H23NO2/c29-27(20-23-12-8-16-26(19-23)30-25-14-5-2-6-15-25)28-24-13-7-11-22(18-24)17-21-9-3-1-4-10-21/h1-16,18-19H,17,20H2,(H,28,29). The highest BCUT2D eigenvalue weighted by Crippen LogP contribution is 2.22. The molecule has 0 radical (unpaired) electrons. The Morgan fingerprint density at radius 3 is 2.07 bits per heavy atom. The molecule has 0 fully saturated rings. The molecule has 4 rings (SSSR count). The normalized spacial score (nSPS) is 10.4. The van der Waals surface area contributed by atoms with Crippen molar-refractivity contribution in [3.8, 4) is 11.5 Å². The van der Waals surface area contributed by atoms with E-state index in [1.165, 1.54) is 5.56 Å². The Labute approximate surface area is 177 Å². The number of carbonyl (C=O) groups is 1. The quantitative estimate of drug-likeness (QED) is 0.403. The van der Waals surface area contributed by atoms with Crippen molar-refractivity contribution in [1.82, 2.24) is 0 Å². The van der Waals surface area contributed by atoms with Gasteiger partial charge in [-0.3, -0.25) is 4.79 Å². The number of nitrogens with one attached hydrogen (secondary N) is 1. The number of carbonyl (C=O) groups excluding carboxylic acids is 1. The maximum Gasteiger partial charge on any atom is 0.228 e. The Morgan fingerprint density at radius 2 is 1.27 bits per heavy atom. The minimum Gasteiger partial charge on any atom is -0.457 e. The molecular weight excluding hydrogens is 370 g/mol. The number of rotatable bonds is 7. The molecule has 1 amide bonds. The van der Waals surface area contributed by atoms with Crippen LogP contribution in [-0.2, 0) is 17.6 Å². The molecule has 0 saturated heterocycles. The van der Waals surface area contributed by atoms with Gasteiger partial charge in [-0.2, -0.15) is 0 Å². The van der Waals surface area contributed by atoms with Crippen LogP contribution >= 0.6 is 0 Å². The molecular formula is C27H23NO2. The van der Waals surface area contributed by atoms with Crippen LogP contribution in [0.4, 0.5) is 5.69 Å². The molecule has 0 heterocycles. The van der Waals surface area contributed by atoms with Gasteiger partial charge in [0.15, 0.2) is 0 Å². The highest BCUT2D eigenvalue weighted by Gasteiger charge is 2.07. The SMILES string of the molecule is O=C(Cc1cccc(Oc2ccccc2)c1)Nc1cccc(Cc2ccccc2)c1. The van der Waals surface area contributed by atoms with Crippen molar-refractivity contribution < 1.29 is 9.53 Å². The van der Waals surface area contributed by atoms with Gasteiger partial charge in [0.2, 0.25) is 5.91 Å². The first kappa shape index (κ1) is 19.5. The second-order valence-corrected chi connectivity index (χ2v) is 7.15. The summed E-state index contributed by atoms with van der Waals surface area (Å²) in [6, 6.07) is 35.5. The zero-order valence-electron chi connectivity index (χ0n) is 16.6. The summed E-state index contributed by atoms with van der Waals surface area (Å²) in [7, 11) is 0. The minimum atomic E-state index is -0.0521. The summed E-state index contributed by atoms with van der Waals surface area (Å²) < 4.78 is 5.86. The Kier molecular flexibility index (Phi) is 6.21. The first-order valence-electron chi connectivity index (χ1n) is 9.99. The molecule has 0 unspecified atom stereocenters. The average molecular weight is 393 g/mol. The van der Waals surface area contributed by atoms with E-state index in [-0.39, 0.29) is 12.3 Å². The Hall–Kier alpha value is -3.85. The van der Waals surface area contributed by atoms with Crippen molar-refractivity contribution in [2.45, 2.75) is 12.8 Å². The van der Waals surface area contributed by atoms with Crippen LogP contribution in [0.15, 0.2) is 109 Å². The van der Waals surface area contributed by atoms with Crippen LogP contribution in [0.1, 0.15) is 16.7 Å². The molecule has 148 valence electrons. The summed E-state index contributed by atoms with van der Waals surface area (Å²) >= 11 is 0. The first-order valence-corrected chi connectivity index (χ1v) is 9.99. The van der Waals surface area contributed by atoms with Crippen molar-refractivity contribution in [3.05, 3.63) is 126 Å². The van der Waals surface area contributed by atoms with Crippen molar-refractivity contribution in [3.63, 3.8) is 0 Å². The van der Waals surface area contributed by atoms with E-state index in [2.05, 4.69) is 23.5 Å². The lowest BCUT2D eigenvalue weighted by Crippen LogP contribution is -2.14. The van der Waals surface area contributed by atoms with E-state index in [9.17, 15) is 4.79 Å². The van der Waals surface area contributed by atoms with E-state index in [0.717, 1.165) is 34.7 Å². The average Bonchev–Trinajstić information content (AvgIpc) is 2.76. The number of hydrogen-bond acceptors (Lipinski definition) is 2. The number of ether oxygens (including phenoxy) is 1. The predicted molar refractivity (Wildman–Crippen MR) is 121 cm³/mol. The van der Waals surface area contributed by atoms with E-state index in [0.29, 0.717) is 0 Å². The number of anilines is 1. The molecule has 3 heteroatoms. The second-order valence-electron chi connectivity index (χ2n) is 7.15. The lowest BCUT2D eigenvalue weighted by Gasteiger charge is -2.09. The maximum absolute atomic E-state index is 12.6. The number of para-hydroxylation sites is 1. The fourth-order valence-corrected chi connectivity index (χ4v) is 3.32. The number of benzene rings is 4. The van der Waals surface area contributed by atoms with E-state index < -0.39 is 0 Å². The third kappa shape index (κ3) is 5.58. The van der Waals surface area contributed by atoms with Gasteiger partial charge in [0.05, 0.1) is 6.42 Å². The molecule has 0 atom stereocenters. The van der Waals surface area contributed by atoms with Crippen LogP contribution < -0.4 is 10.1 Å². The third-order valence-electron chi connectivity index (χ3n) is 4.70. The van der Waals surface area contributed by atoms with Gasteiger partial charge in [-0.05, 0) is 59.5 Å². The lowest BCUT2D eigenvalue weighted by atomic mass is 10.0. The molecule has 0 spiro atoms. The molecule has 0 aliphatic rings. The van der Waals surface area contributed by atoms with Crippen LogP contribution in [0, 0.1) is 0 Å². The van der Waals surface area contributed by atoms with Crippen molar-refractivity contribution in [1.29, 1.82) is 0 Å². The van der Waals surface area contributed by atoms with Crippen molar-refractivity contribution >= 4 is 11.6 Å². The van der Waals surface area contributed by atoms with Gasteiger partial charge in [-0.15, -0.1) is 0 Å². The Balaban J connectivity index is 1.38. The van der Waals surface area contributed by atoms with E-state index in [1.54, 1.807) is 0 Å². The highest BCUT2D eigenvalue weighted by atomic mass is 16.5. The molecule has 0 aromatic heterocycles. The molecule has 0 aliphatic carbocycles. The van der Waals surface area contributed by atoms with Crippen LogP contribution in [0.2, 0.25) is 0 Å². The molecule has 4 aromatic rings. The molecule has 0 aliphatic heterocycles. The van der Waals surface area contributed by atoms with E-state index >= 15 is 0 Å². The molecule has 0 saturated carbocycles. The zero-order valence-corrected chi connectivity index (χ0v) is 16.6. The zero-order chi connectivity index (χ0) is 20.6. The minimum absolute atomic E-state index is 0.0521. The Morgan fingerprint density at radius 1 is 0.633 bits per heavy atom. The summed E-state index contributed by atoms with van der Waals surface area (Å²) in [6.45, 7) is 0. The fraction of sp³-hybridized carbons (Fsp3) is 0.0741. The summed E-state index contributed by atoms with van der Waals surface area (Å²) in [4.78, 5) is 12.6. The topological polar surface area (TPSA) is 38.3 Å². The first-order chi connectivity index (χ1) is 14.7. The molecule has 4 aromatic carbocycles. The second kappa shape index (κ2) is 9.57. The molecule has 1 N–H and O–H groups in total. The van der Waals surface area contributed by atoms with Crippen molar-refractivity contribution in [2.24, 2.45) is 0 Å². The van der Waals surface area contributed by atoms with Crippen molar-refractivity contribution in [2.75, 3.05) is 5.32 Å². The summed E-state index contributed by atoms with van der Waals surface area (Å²) in [5, 5.41) is 3.01. The predicted octanol–water partition coefficient (Wildman–Crippen LogP) is 6.25. The maximum atomic E-state index is 12.6. The van der Waals surface area contributed by atoms with Crippen LogP contribution in [0.3, 0.4) is 0 Å². The summed E-state index contributed by atoms with van der Waals surface area (Å²) in [5.41, 5.74) is 4.12. The monoisotopic (exact) mass is 393 g/mol. The van der Waals surface area contributed by atoms with Gasteiger partial charge >= 0.3 is 0 Å². The van der Waals surface area contributed by atoms with Crippen LogP contribution in [0.25, 0.3) is 0 Å². The summed E-state index contributed by atoms with van der Waals surface area (Å²) in [6.07, 6.45) is 1.12. The fourth-order valence-electron chi connectivity index (χ4n) is 3.32. The van der Waals surface area contributed by atoms with Gasteiger partial charge in [-0.1, -0.05) is 72.8 Å². The van der Waals surface area contributed by atoms with E-state index in [4.69, 9.17) is 4.74 Å². The van der Waals surface area contributed by atoms with Crippen LogP contribution in [-0.4, -0.2) is 5.91 Å².